The minimum Gasteiger partial charge on any atom is -0.378 e. The van der Waals surface area contributed by atoms with Gasteiger partial charge in [0.05, 0.1) is 19.8 Å². The van der Waals surface area contributed by atoms with Crippen LogP contribution in [-0.2, 0) is 17.8 Å². The molecule has 2 heterocycles. The Balaban J connectivity index is 1.76. The van der Waals surface area contributed by atoms with Crippen LogP contribution in [-0.4, -0.2) is 46.1 Å². The number of ether oxygens (including phenoxy) is 1. The number of thiocarbonyl (C=S) groups is 1. The number of nitrogens with one attached hydrogen (secondary N) is 2. The highest BCUT2D eigenvalue weighted by atomic mass is 32.1. The van der Waals surface area contributed by atoms with Gasteiger partial charge in [-0.1, -0.05) is 42.5 Å². The molecule has 24 heavy (non-hydrogen) atoms. The summed E-state index contributed by atoms with van der Waals surface area (Å²) in [7, 11) is 0. The van der Waals surface area contributed by atoms with Crippen molar-refractivity contribution < 1.29 is 4.74 Å². The van der Waals surface area contributed by atoms with Crippen molar-refractivity contribution in [3.8, 4) is 0 Å². The number of hydrogen-bond donors (Lipinski definition) is 3. The van der Waals surface area contributed by atoms with Crippen LogP contribution in [0, 0.1) is 0 Å². The van der Waals surface area contributed by atoms with E-state index >= 15 is 0 Å². The topological polar surface area (TPSA) is 93.3 Å². The Morgan fingerprint density at radius 2 is 2.00 bits per heavy atom. The lowest BCUT2D eigenvalue weighted by Gasteiger charge is -2.25. The standard InChI is InChI=1S/C15H21N7OS/c16-19-13(24)11-22-14(17-10-12-4-2-1-3-5-12)18-15(20-22)21-6-8-23-9-7-21/h1-5H,6-11,16H2,(H,19,24)(H,17,18,20). The molecule has 3 rings (SSSR count). The molecule has 0 amide bonds. The molecule has 9 heteroatoms. The van der Waals surface area contributed by atoms with Gasteiger partial charge >= 0.3 is 0 Å². The first-order chi connectivity index (χ1) is 11.8. The van der Waals surface area contributed by atoms with Gasteiger partial charge < -0.3 is 20.4 Å². The first kappa shape index (κ1) is 16.6. The third-order valence-electron chi connectivity index (χ3n) is 3.70. The van der Waals surface area contributed by atoms with E-state index in [4.69, 9.17) is 22.8 Å². The Morgan fingerprint density at radius 1 is 1.25 bits per heavy atom. The summed E-state index contributed by atoms with van der Waals surface area (Å²) in [5, 5.41) is 7.89. The average molecular weight is 347 g/mol. The van der Waals surface area contributed by atoms with E-state index < -0.39 is 0 Å². The summed E-state index contributed by atoms with van der Waals surface area (Å²) in [5.74, 6) is 6.72. The van der Waals surface area contributed by atoms with Crippen molar-refractivity contribution in [2.75, 3.05) is 36.5 Å². The second-order valence-electron chi connectivity index (χ2n) is 5.40. The molecule has 0 bridgehead atoms. The lowest BCUT2D eigenvalue weighted by molar-refractivity contribution is 0.122. The van der Waals surface area contributed by atoms with Crippen molar-refractivity contribution in [2.24, 2.45) is 5.84 Å². The molecule has 0 spiro atoms. The predicted molar refractivity (Wildman–Crippen MR) is 96.7 cm³/mol. The highest BCUT2D eigenvalue weighted by Crippen LogP contribution is 2.16. The molecule has 0 radical (unpaired) electrons. The fourth-order valence-corrected chi connectivity index (χ4v) is 2.55. The highest BCUT2D eigenvalue weighted by molar-refractivity contribution is 7.80. The van der Waals surface area contributed by atoms with Crippen LogP contribution in [0.3, 0.4) is 0 Å². The summed E-state index contributed by atoms with van der Waals surface area (Å²) >= 11 is 5.15. The largest absolute Gasteiger partial charge is 0.378 e. The molecule has 8 nitrogen and oxygen atoms in total. The smallest absolute Gasteiger partial charge is 0.246 e. The first-order valence-electron chi connectivity index (χ1n) is 7.81. The summed E-state index contributed by atoms with van der Waals surface area (Å²) < 4.78 is 7.11. The van der Waals surface area contributed by atoms with Gasteiger partial charge in [0, 0.05) is 19.6 Å². The van der Waals surface area contributed by atoms with E-state index in [0.717, 1.165) is 13.1 Å². The summed E-state index contributed by atoms with van der Waals surface area (Å²) in [4.78, 5) is 7.22. The minimum atomic E-state index is 0.375. The number of morpholine rings is 1. The van der Waals surface area contributed by atoms with Gasteiger partial charge in [-0.2, -0.15) is 4.98 Å². The predicted octanol–water partition coefficient (Wildman–Crippen LogP) is 0.518. The number of benzene rings is 1. The molecule has 128 valence electrons. The zero-order valence-corrected chi connectivity index (χ0v) is 14.1. The van der Waals surface area contributed by atoms with Crippen LogP contribution in [0.5, 0.6) is 0 Å². The lowest BCUT2D eigenvalue weighted by atomic mass is 10.2. The summed E-state index contributed by atoms with van der Waals surface area (Å²) in [6, 6.07) is 10.1. The number of rotatable bonds is 6. The molecule has 1 aliphatic heterocycles. The normalized spacial score (nSPS) is 14.5. The molecule has 2 aromatic rings. The monoisotopic (exact) mass is 347 g/mol. The van der Waals surface area contributed by atoms with E-state index in [9.17, 15) is 0 Å². The van der Waals surface area contributed by atoms with Crippen LogP contribution < -0.4 is 21.5 Å². The van der Waals surface area contributed by atoms with Crippen LogP contribution >= 0.6 is 12.2 Å². The Morgan fingerprint density at radius 3 is 2.71 bits per heavy atom. The van der Waals surface area contributed by atoms with Crippen molar-refractivity contribution in [1.29, 1.82) is 0 Å². The minimum absolute atomic E-state index is 0.375. The maximum Gasteiger partial charge on any atom is 0.246 e. The van der Waals surface area contributed by atoms with Crippen molar-refractivity contribution in [3.05, 3.63) is 35.9 Å². The van der Waals surface area contributed by atoms with Gasteiger partial charge in [-0.3, -0.25) is 0 Å². The summed E-state index contributed by atoms with van der Waals surface area (Å²) in [6.45, 7) is 3.96. The van der Waals surface area contributed by atoms with Crippen molar-refractivity contribution >= 4 is 29.1 Å². The summed E-state index contributed by atoms with van der Waals surface area (Å²) in [6.07, 6.45) is 0. The second-order valence-corrected chi connectivity index (χ2v) is 5.89. The van der Waals surface area contributed by atoms with Crippen LogP contribution in [0.1, 0.15) is 5.56 Å². The number of nitrogens with two attached hydrogens (primary N) is 1. The molecule has 1 aromatic carbocycles. The number of anilines is 2. The van der Waals surface area contributed by atoms with Gasteiger partial charge in [-0.25, -0.2) is 10.5 Å². The first-order valence-corrected chi connectivity index (χ1v) is 8.22. The molecule has 1 aromatic heterocycles. The van der Waals surface area contributed by atoms with E-state index in [1.54, 1.807) is 4.68 Å². The third kappa shape index (κ3) is 4.19. The molecule has 0 unspecified atom stereocenters. The summed E-state index contributed by atoms with van der Waals surface area (Å²) in [5.41, 5.74) is 3.65. The van der Waals surface area contributed by atoms with Crippen molar-refractivity contribution in [3.63, 3.8) is 0 Å². The van der Waals surface area contributed by atoms with Crippen molar-refractivity contribution in [2.45, 2.75) is 13.1 Å². The molecule has 0 atom stereocenters. The molecular formula is C15H21N7OS. The molecule has 0 saturated carbocycles. The molecular weight excluding hydrogens is 326 g/mol. The molecule has 1 saturated heterocycles. The Bertz CT molecular complexity index is 670. The van der Waals surface area contributed by atoms with E-state index in [1.807, 2.05) is 18.2 Å². The number of nitrogens with zero attached hydrogens (tertiary/aromatic N) is 4. The van der Waals surface area contributed by atoms with Crippen LogP contribution in [0.4, 0.5) is 11.9 Å². The number of aromatic nitrogens is 3. The van der Waals surface area contributed by atoms with Gasteiger partial charge in [0.1, 0.15) is 4.99 Å². The third-order valence-corrected chi connectivity index (χ3v) is 3.95. The second kappa shape index (κ2) is 8.04. The van der Waals surface area contributed by atoms with E-state index in [0.29, 0.717) is 43.2 Å². The SMILES string of the molecule is NNC(=S)Cn1nc(N2CCOCC2)nc1NCc1ccccc1. The fraction of sp³-hybridized carbons (Fsp3) is 0.400. The molecule has 0 aliphatic carbocycles. The van der Waals surface area contributed by atoms with Gasteiger partial charge in [0.2, 0.25) is 11.9 Å². The van der Waals surface area contributed by atoms with Gasteiger partial charge in [0.15, 0.2) is 0 Å². The van der Waals surface area contributed by atoms with E-state index in [2.05, 4.69) is 37.9 Å². The number of hydrogen-bond acceptors (Lipinski definition) is 7. The lowest BCUT2D eigenvalue weighted by Crippen LogP contribution is -2.37. The average Bonchev–Trinajstić information content (AvgIpc) is 3.04. The van der Waals surface area contributed by atoms with Crippen LogP contribution in [0.15, 0.2) is 30.3 Å². The van der Waals surface area contributed by atoms with E-state index in [1.165, 1.54) is 5.56 Å². The maximum atomic E-state index is 5.38. The van der Waals surface area contributed by atoms with Gasteiger partial charge in [-0.15, -0.1) is 5.10 Å². The number of hydrazine groups is 1. The van der Waals surface area contributed by atoms with Crippen molar-refractivity contribution in [1.82, 2.24) is 20.2 Å². The fourth-order valence-electron chi connectivity index (χ4n) is 2.43. The Kier molecular flexibility index (Phi) is 5.57. The Labute approximate surface area is 146 Å². The molecule has 1 aliphatic rings. The zero-order chi connectivity index (χ0) is 16.8. The van der Waals surface area contributed by atoms with Gasteiger partial charge in [0.25, 0.3) is 0 Å². The zero-order valence-electron chi connectivity index (χ0n) is 13.3. The molecule has 4 N–H and O–H groups in total. The highest BCUT2D eigenvalue weighted by Gasteiger charge is 2.18. The van der Waals surface area contributed by atoms with E-state index in [-0.39, 0.29) is 0 Å². The van der Waals surface area contributed by atoms with Crippen LogP contribution in [0.2, 0.25) is 0 Å². The Hall–Kier alpha value is -2.23. The van der Waals surface area contributed by atoms with Crippen LogP contribution in [0.25, 0.3) is 0 Å². The quantitative estimate of drug-likeness (QED) is 0.396. The molecule has 1 fully saturated rings. The van der Waals surface area contributed by atoms with Gasteiger partial charge in [-0.05, 0) is 5.56 Å². The maximum absolute atomic E-state index is 5.38.